The Morgan fingerprint density at radius 1 is 1.24 bits per heavy atom. The fourth-order valence-corrected chi connectivity index (χ4v) is 3.44. The van der Waals surface area contributed by atoms with Gasteiger partial charge in [0.15, 0.2) is 0 Å². The van der Waals surface area contributed by atoms with Crippen LogP contribution in [0.1, 0.15) is 29.5 Å². The third-order valence-corrected chi connectivity index (χ3v) is 5.20. The largest absolute Gasteiger partial charge is 0.484 e. The molecule has 4 N–H and O–H groups in total. The lowest BCUT2D eigenvalue weighted by Gasteiger charge is -2.26. The molecule has 1 fully saturated rings. The van der Waals surface area contributed by atoms with Crippen LogP contribution in [-0.2, 0) is 6.42 Å². The highest BCUT2D eigenvalue weighted by Crippen LogP contribution is 2.47. The number of hydrogen-bond acceptors (Lipinski definition) is 6. The van der Waals surface area contributed by atoms with E-state index in [-0.39, 0.29) is 40.8 Å². The van der Waals surface area contributed by atoms with Crippen LogP contribution in [0.2, 0.25) is 5.02 Å². The number of halogens is 4. The summed E-state index contributed by atoms with van der Waals surface area (Å²) in [5.41, 5.74) is 13.2. The second-order valence-electron chi connectivity index (χ2n) is 6.99. The number of nitrogen functional groups attached to an aromatic ring is 2. The van der Waals surface area contributed by atoms with E-state index in [1.807, 2.05) is 12.2 Å². The van der Waals surface area contributed by atoms with Crippen molar-refractivity contribution in [3.8, 4) is 11.5 Å². The molecule has 6 nitrogen and oxygen atoms in total. The highest BCUT2D eigenvalue weighted by molar-refractivity contribution is 6.34. The lowest BCUT2D eigenvalue weighted by atomic mass is 9.96. The summed E-state index contributed by atoms with van der Waals surface area (Å²) in [6.45, 7) is 0. The molecular weight excluding hydrogens is 409 g/mol. The fraction of sp³-hybridized carbons (Fsp3) is 0.368. The number of anilines is 2. The Morgan fingerprint density at radius 2 is 2.00 bits per heavy atom. The van der Waals surface area contributed by atoms with Crippen LogP contribution < -0.4 is 20.9 Å². The highest BCUT2D eigenvalue weighted by atomic mass is 35.5. The number of nitrogens with zero attached hydrogens (tertiary/aromatic N) is 2. The molecule has 2 aromatic rings. The third-order valence-electron chi connectivity index (χ3n) is 4.84. The van der Waals surface area contributed by atoms with Crippen LogP contribution in [0, 0.1) is 5.92 Å². The van der Waals surface area contributed by atoms with Crippen LogP contribution in [0.5, 0.6) is 11.5 Å². The molecule has 0 amide bonds. The summed E-state index contributed by atoms with van der Waals surface area (Å²) in [6, 6.07) is 1.40. The van der Waals surface area contributed by atoms with Crippen molar-refractivity contribution in [2.75, 3.05) is 11.5 Å². The second kappa shape index (κ2) is 7.62. The minimum Gasteiger partial charge on any atom is -0.484 e. The minimum atomic E-state index is -3.31. The van der Waals surface area contributed by atoms with Crippen LogP contribution >= 0.6 is 11.6 Å². The molecule has 2 heterocycles. The summed E-state index contributed by atoms with van der Waals surface area (Å²) in [5.74, 6) is 0.625. The second-order valence-corrected chi connectivity index (χ2v) is 7.37. The number of benzene rings is 1. The van der Waals surface area contributed by atoms with Gasteiger partial charge >= 0.3 is 6.43 Å². The summed E-state index contributed by atoms with van der Waals surface area (Å²) in [5, 5.41) is -0.0522. The number of alkyl halides is 3. The summed E-state index contributed by atoms with van der Waals surface area (Å²) >= 11 is 6.33. The number of fused-ring (bicyclic) bond motifs is 1. The third kappa shape index (κ3) is 4.05. The van der Waals surface area contributed by atoms with Crippen molar-refractivity contribution >= 4 is 29.4 Å². The Kier molecular flexibility index (Phi) is 5.16. The molecule has 2 unspecified atom stereocenters. The lowest BCUT2D eigenvalue weighted by Crippen LogP contribution is -2.22. The van der Waals surface area contributed by atoms with E-state index >= 15 is 0 Å². The maximum Gasteiger partial charge on any atom is 0.304 e. The lowest BCUT2D eigenvalue weighted by molar-refractivity contribution is -0.0669. The number of aromatic nitrogens is 2. The molecule has 4 rings (SSSR count). The first-order chi connectivity index (χ1) is 13.8. The molecule has 10 heteroatoms. The molecule has 154 valence electrons. The van der Waals surface area contributed by atoms with Gasteiger partial charge in [0.2, 0.25) is 5.95 Å². The Morgan fingerprint density at radius 3 is 2.66 bits per heavy atom. The standard InChI is InChI=1S/C19H18ClF3N4O2/c20-14-13(29-17(23)16(21)22)6-9(5-10-7-26-19(25)27-18(10)24)11-3-4-12(8-1-2-8)28-15(11)14/h3-4,6-8,12,16-17H,1-2,5H2,(H4,24,25,26,27). The predicted molar refractivity (Wildman–Crippen MR) is 103 cm³/mol. The Hall–Kier alpha value is -2.68. The summed E-state index contributed by atoms with van der Waals surface area (Å²) in [4.78, 5) is 7.84. The number of ether oxygens (including phenoxy) is 2. The van der Waals surface area contributed by atoms with Gasteiger partial charge in [0, 0.05) is 23.7 Å². The van der Waals surface area contributed by atoms with E-state index < -0.39 is 12.8 Å². The zero-order valence-electron chi connectivity index (χ0n) is 15.1. The summed E-state index contributed by atoms with van der Waals surface area (Å²) < 4.78 is 49.7. The first kappa shape index (κ1) is 19.6. The van der Waals surface area contributed by atoms with Crippen molar-refractivity contribution in [1.82, 2.24) is 9.97 Å². The maximum absolute atomic E-state index is 13.6. The average Bonchev–Trinajstić information content (AvgIpc) is 3.52. The smallest absolute Gasteiger partial charge is 0.304 e. The Labute approximate surface area is 169 Å². The molecule has 29 heavy (non-hydrogen) atoms. The topological polar surface area (TPSA) is 96.3 Å². The van der Waals surface area contributed by atoms with E-state index in [1.54, 1.807) is 0 Å². The molecule has 0 spiro atoms. The van der Waals surface area contributed by atoms with Crippen molar-refractivity contribution in [2.24, 2.45) is 5.92 Å². The summed E-state index contributed by atoms with van der Waals surface area (Å²) in [7, 11) is 0. The molecule has 1 aromatic carbocycles. The van der Waals surface area contributed by atoms with Gasteiger partial charge in [-0.05, 0) is 36.5 Å². The van der Waals surface area contributed by atoms with Gasteiger partial charge in [0.05, 0.1) is 0 Å². The monoisotopic (exact) mass is 426 g/mol. The number of hydrogen-bond donors (Lipinski definition) is 2. The van der Waals surface area contributed by atoms with Crippen LogP contribution in [0.3, 0.4) is 0 Å². The van der Waals surface area contributed by atoms with Crippen molar-refractivity contribution in [3.63, 3.8) is 0 Å². The van der Waals surface area contributed by atoms with E-state index in [9.17, 15) is 13.2 Å². The normalized spacial score (nSPS) is 19.0. The van der Waals surface area contributed by atoms with E-state index in [0.29, 0.717) is 22.6 Å². The van der Waals surface area contributed by atoms with Crippen molar-refractivity contribution in [3.05, 3.63) is 40.1 Å². The Bertz CT molecular complexity index is 969. The maximum atomic E-state index is 13.6. The van der Waals surface area contributed by atoms with Gasteiger partial charge in [-0.1, -0.05) is 17.7 Å². The first-order valence-corrected chi connectivity index (χ1v) is 9.37. The predicted octanol–water partition coefficient (Wildman–Crippen LogP) is 4.01. The van der Waals surface area contributed by atoms with E-state index in [2.05, 4.69) is 9.97 Å². The van der Waals surface area contributed by atoms with E-state index in [0.717, 1.165) is 12.8 Å². The molecular formula is C19H18ClF3N4O2. The van der Waals surface area contributed by atoms with Gasteiger partial charge < -0.3 is 20.9 Å². The quantitative estimate of drug-likeness (QED) is 0.724. The van der Waals surface area contributed by atoms with Gasteiger partial charge in [-0.2, -0.15) is 9.37 Å². The van der Waals surface area contributed by atoms with E-state index in [1.165, 1.54) is 12.3 Å². The molecule has 1 aliphatic heterocycles. The molecule has 2 atom stereocenters. The van der Waals surface area contributed by atoms with Crippen molar-refractivity contribution < 1.29 is 22.6 Å². The molecule has 0 bridgehead atoms. The first-order valence-electron chi connectivity index (χ1n) is 8.99. The van der Waals surface area contributed by atoms with Gasteiger partial charge in [0.25, 0.3) is 6.36 Å². The summed E-state index contributed by atoms with van der Waals surface area (Å²) in [6.07, 6.45) is 1.23. The van der Waals surface area contributed by atoms with Gasteiger partial charge in [-0.25, -0.2) is 13.8 Å². The van der Waals surface area contributed by atoms with Crippen LogP contribution in [-0.4, -0.2) is 28.9 Å². The van der Waals surface area contributed by atoms with Crippen LogP contribution in [0.15, 0.2) is 18.3 Å². The molecule has 0 radical (unpaired) electrons. The van der Waals surface area contributed by atoms with Gasteiger partial charge in [-0.3, -0.25) is 0 Å². The molecule has 1 saturated carbocycles. The average molecular weight is 427 g/mol. The Balaban J connectivity index is 1.75. The van der Waals surface area contributed by atoms with Crippen molar-refractivity contribution in [2.45, 2.75) is 38.1 Å². The van der Waals surface area contributed by atoms with Gasteiger partial charge in [-0.15, -0.1) is 0 Å². The zero-order chi connectivity index (χ0) is 20.7. The molecule has 2 aliphatic rings. The SMILES string of the molecule is Nc1ncc(Cc2cc(OC(F)C(F)F)c(Cl)c3c2C=CC(C2CC2)O3)c(N)n1. The highest BCUT2D eigenvalue weighted by Gasteiger charge is 2.35. The number of nitrogens with two attached hydrogens (primary N) is 2. The van der Waals surface area contributed by atoms with Gasteiger partial charge in [0.1, 0.15) is 28.4 Å². The van der Waals surface area contributed by atoms with Crippen LogP contribution in [0.4, 0.5) is 24.9 Å². The minimum absolute atomic E-state index is 0.0288. The molecule has 1 aromatic heterocycles. The number of rotatable bonds is 6. The molecule has 1 aliphatic carbocycles. The van der Waals surface area contributed by atoms with E-state index in [4.69, 9.17) is 32.5 Å². The zero-order valence-corrected chi connectivity index (χ0v) is 15.9. The molecule has 0 saturated heterocycles. The van der Waals surface area contributed by atoms with Crippen LogP contribution in [0.25, 0.3) is 6.08 Å². The fourth-order valence-electron chi connectivity index (χ4n) is 3.20. The van der Waals surface area contributed by atoms with Crippen molar-refractivity contribution in [1.29, 1.82) is 0 Å².